The van der Waals surface area contributed by atoms with Gasteiger partial charge in [-0.2, -0.15) is 0 Å². The topological polar surface area (TPSA) is 84.5 Å². The van der Waals surface area contributed by atoms with Gasteiger partial charge in [-0.1, -0.05) is 48.5 Å². The van der Waals surface area contributed by atoms with Crippen LogP contribution in [0.15, 0.2) is 0 Å². The van der Waals surface area contributed by atoms with Gasteiger partial charge < -0.3 is 5.32 Å². The fraction of sp³-hybridized carbons (Fsp3) is 0.909. The van der Waals surface area contributed by atoms with Crippen molar-refractivity contribution in [3.63, 3.8) is 0 Å². The van der Waals surface area contributed by atoms with Crippen molar-refractivity contribution < 1.29 is 19.2 Å². The van der Waals surface area contributed by atoms with Crippen LogP contribution in [-0.4, -0.2) is 30.7 Å². The van der Waals surface area contributed by atoms with Gasteiger partial charge in [0.05, 0.1) is 7.11 Å². The summed E-state index contributed by atoms with van der Waals surface area (Å²) in [5.41, 5.74) is 2.25. The van der Waals surface area contributed by atoms with E-state index < -0.39 is 5.41 Å². The highest BCUT2D eigenvalue weighted by atomic mass is 16.6. The van der Waals surface area contributed by atoms with Crippen molar-refractivity contribution in [2.75, 3.05) is 7.11 Å². The van der Waals surface area contributed by atoms with Gasteiger partial charge in [0.2, 0.25) is 11.8 Å². The number of amides is 2. The molecule has 5 aliphatic rings. The number of Topliss-reactive ketones (excluding diaryl/α,β-unsaturated/α-hetero) is 1. The molecule has 2 amide bonds. The van der Waals surface area contributed by atoms with Crippen molar-refractivity contribution in [2.45, 2.75) is 126 Å². The third-order valence-corrected chi connectivity index (χ3v) is 14.3. The minimum absolute atomic E-state index is 0.0169. The maximum absolute atomic E-state index is 14.6. The van der Waals surface area contributed by atoms with Gasteiger partial charge in [-0.25, -0.2) is 5.48 Å². The quantitative estimate of drug-likeness (QED) is 0.414. The molecule has 5 aliphatic carbocycles. The third kappa shape index (κ3) is 3.92. The van der Waals surface area contributed by atoms with Gasteiger partial charge in [0.15, 0.2) is 0 Å². The zero-order chi connectivity index (χ0) is 28.8. The lowest BCUT2D eigenvalue weighted by Crippen LogP contribution is -2.70. The minimum Gasteiger partial charge on any atom is -0.353 e. The number of hydroxylamine groups is 1. The third-order valence-electron chi connectivity index (χ3n) is 14.3. The molecule has 0 aromatic heterocycles. The van der Waals surface area contributed by atoms with E-state index in [0.717, 1.165) is 44.9 Å². The van der Waals surface area contributed by atoms with E-state index in [-0.39, 0.29) is 50.8 Å². The van der Waals surface area contributed by atoms with Crippen LogP contribution in [-0.2, 0) is 19.2 Å². The van der Waals surface area contributed by atoms with E-state index in [2.05, 4.69) is 59.3 Å². The molecule has 6 heteroatoms. The first-order valence-electron chi connectivity index (χ1n) is 15.6. The molecular formula is C33H54N2O4. The van der Waals surface area contributed by atoms with Crippen LogP contribution in [0.1, 0.15) is 120 Å². The Bertz CT molecular complexity index is 1060. The second kappa shape index (κ2) is 9.03. The Labute approximate surface area is 236 Å². The predicted molar refractivity (Wildman–Crippen MR) is 152 cm³/mol. The maximum Gasteiger partial charge on any atom is 0.249 e. The molecule has 0 aromatic carbocycles. The average Bonchev–Trinajstić information content (AvgIpc) is 2.83. The Kier molecular flexibility index (Phi) is 6.73. The Morgan fingerprint density at radius 3 is 2.15 bits per heavy atom. The summed E-state index contributed by atoms with van der Waals surface area (Å²) in [6, 6.07) is 0.160. The lowest BCUT2D eigenvalue weighted by atomic mass is 9.31. The molecule has 2 N–H and O–H groups in total. The smallest absolute Gasteiger partial charge is 0.249 e. The highest BCUT2D eigenvalue weighted by molar-refractivity contribution is 5.85. The summed E-state index contributed by atoms with van der Waals surface area (Å²) in [6.45, 7) is 18.2. The van der Waals surface area contributed by atoms with E-state index >= 15 is 0 Å². The van der Waals surface area contributed by atoms with Crippen LogP contribution in [0, 0.1) is 56.2 Å². The van der Waals surface area contributed by atoms with Crippen molar-refractivity contribution in [1.82, 2.24) is 10.8 Å². The molecule has 39 heavy (non-hydrogen) atoms. The van der Waals surface area contributed by atoms with E-state index in [9.17, 15) is 14.4 Å². The van der Waals surface area contributed by atoms with Crippen molar-refractivity contribution in [3.8, 4) is 0 Å². The summed E-state index contributed by atoms with van der Waals surface area (Å²) < 4.78 is 0. The second-order valence-corrected chi connectivity index (χ2v) is 16.4. The van der Waals surface area contributed by atoms with Crippen molar-refractivity contribution >= 4 is 17.6 Å². The molecule has 220 valence electrons. The molecule has 0 saturated heterocycles. The summed E-state index contributed by atoms with van der Waals surface area (Å²) in [5, 5.41) is 3.26. The average molecular weight is 543 g/mol. The SMILES string of the molecule is CONC(=O)[C@@]1(C)CC[C@]2(C)CC[C@]3(C)[C@H](CC(=O)[C@@H]4[C@@]5(C)CC[C@H](NC(C)=O)C(C)(C)C5CC[C@]43C)[C@H]2C1. The molecule has 5 rings (SSSR count). The van der Waals surface area contributed by atoms with E-state index in [4.69, 9.17) is 4.84 Å². The Morgan fingerprint density at radius 1 is 0.846 bits per heavy atom. The standard InChI is InChI=1S/C33H54N2O4/c1-20(36)34-25-11-12-31(6)24(28(25,2)3)10-13-33(8)26(31)23(37)18-21-22-19-30(5,27(38)35-39-9)15-14-29(22,4)16-17-32(21,33)7/h21-22,24-26H,10-19H2,1-9H3,(H,34,36)(H,35,38)/t21-,22-,24?,25+,26-,29-,30+,31+,32-,33-/m1/s1. The number of hydrogen-bond acceptors (Lipinski definition) is 4. The summed E-state index contributed by atoms with van der Waals surface area (Å²) in [5.74, 6) is 1.63. The number of nitrogens with one attached hydrogen (secondary N) is 2. The molecule has 10 atom stereocenters. The van der Waals surface area contributed by atoms with Crippen LogP contribution in [0.3, 0.4) is 0 Å². The summed E-state index contributed by atoms with van der Waals surface area (Å²) in [4.78, 5) is 44.8. The first kappa shape index (κ1) is 29.1. The number of ketones is 1. The lowest BCUT2D eigenvalue weighted by molar-refractivity contribution is -0.236. The van der Waals surface area contributed by atoms with Gasteiger partial charge in [0.1, 0.15) is 5.78 Å². The van der Waals surface area contributed by atoms with Crippen LogP contribution in [0.4, 0.5) is 0 Å². The zero-order valence-electron chi connectivity index (χ0n) is 26.1. The molecule has 0 radical (unpaired) electrons. The molecule has 5 fully saturated rings. The molecule has 6 nitrogen and oxygen atoms in total. The first-order valence-corrected chi connectivity index (χ1v) is 15.6. The Balaban J connectivity index is 1.51. The first-order chi connectivity index (χ1) is 18.0. The summed E-state index contributed by atoms with van der Waals surface area (Å²) in [6.07, 6.45) is 9.85. The molecule has 1 unspecified atom stereocenters. The molecule has 5 saturated carbocycles. The second-order valence-electron chi connectivity index (χ2n) is 16.4. The fourth-order valence-corrected chi connectivity index (χ4v) is 11.8. The number of fused-ring (bicyclic) bond motifs is 7. The molecule has 0 bridgehead atoms. The van der Waals surface area contributed by atoms with Crippen molar-refractivity contribution in [1.29, 1.82) is 0 Å². The Morgan fingerprint density at radius 2 is 1.51 bits per heavy atom. The summed E-state index contributed by atoms with van der Waals surface area (Å²) in [7, 11) is 1.51. The predicted octanol–water partition coefficient (Wildman–Crippen LogP) is 6.23. The molecule has 0 aliphatic heterocycles. The lowest BCUT2D eigenvalue weighted by Gasteiger charge is -2.73. The monoisotopic (exact) mass is 542 g/mol. The van der Waals surface area contributed by atoms with Crippen molar-refractivity contribution in [3.05, 3.63) is 0 Å². The largest absolute Gasteiger partial charge is 0.353 e. The van der Waals surface area contributed by atoms with Gasteiger partial charge in [-0.3, -0.25) is 19.2 Å². The van der Waals surface area contributed by atoms with Crippen LogP contribution in [0.25, 0.3) is 0 Å². The zero-order valence-corrected chi connectivity index (χ0v) is 26.1. The highest BCUT2D eigenvalue weighted by Crippen LogP contribution is 2.76. The molecule has 0 aromatic rings. The highest BCUT2D eigenvalue weighted by Gasteiger charge is 2.72. The van der Waals surface area contributed by atoms with E-state index in [1.807, 2.05) is 0 Å². The molecule has 0 heterocycles. The Hall–Kier alpha value is -1.43. The maximum atomic E-state index is 14.6. The minimum atomic E-state index is -0.463. The van der Waals surface area contributed by atoms with Gasteiger partial charge in [-0.05, 0) is 103 Å². The number of hydrogen-bond donors (Lipinski definition) is 2. The van der Waals surface area contributed by atoms with Crippen molar-refractivity contribution in [2.24, 2.45) is 56.2 Å². The van der Waals surface area contributed by atoms with Gasteiger partial charge in [-0.15, -0.1) is 0 Å². The fourth-order valence-electron chi connectivity index (χ4n) is 11.8. The van der Waals surface area contributed by atoms with E-state index in [1.54, 1.807) is 6.92 Å². The van der Waals surface area contributed by atoms with Crippen LogP contribution in [0.5, 0.6) is 0 Å². The molecular weight excluding hydrogens is 488 g/mol. The number of carbonyl (C=O) groups is 3. The number of carbonyl (C=O) groups excluding carboxylic acids is 3. The number of rotatable bonds is 3. The normalized spacial score (nSPS) is 50.5. The summed E-state index contributed by atoms with van der Waals surface area (Å²) >= 11 is 0. The van der Waals surface area contributed by atoms with Gasteiger partial charge in [0, 0.05) is 30.7 Å². The van der Waals surface area contributed by atoms with Crippen LogP contribution in [0.2, 0.25) is 0 Å². The van der Waals surface area contributed by atoms with E-state index in [0.29, 0.717) is 30.0 Å². The van der Waals surface area contributed by atoms with Gasteiger partial charge >= 0.3 is 0 Å². The van der Waals surface area contributed by atoms with Crippen LogP contribution >= 0.6 is 0 Å². The van der Waals surface area contributed by atoms with Gasteiger partial charge in [0.25, 0.3) is 0 Å². The van der Waals surface area contributed by atoms with Crippen LogP contribution < -0.4 is 10.8 Å². The molecule has 0 spiro atoms. The van der Waals surface area contributed by atoms with E-state index in [1.165, 1.54) is 20.0 Å².